The lowest BCUT2D eigenvalue weighted by molar-refractivity contribution is -0.217. The Kier molecular flexibility index (Phi) is 4.82. The maximum atomic E-state index is 10.8. The summed E-state index contributed by atoms with van der Waals surface area (Å²) in [6.45, 7) is 20.5. The summed E-state index contributed by atoms with van der Waals surface area (Å²) >= 11 is 0. The Morgan fingerprint density at radius 2 is 1.52 bits per heavy atom. The standard InChI is InChI=1S/C30H50O/c1-19(2)20-13-14-27(5)15-17-29(7)23-11-9-21-22(10-12-24(31)26(21,3)4)28(23,6)16-18-30(29,8)25(20)27/h9,19-20,22-25,31H,10-18H2,1-8H3. The molecule has 4 fully saturated rings. The van der Waals surface area contributed by atoms with Crippen LogP contribution in [0.2, 0.25) is 0 Å². The van der Waals surface area contributed by atoms with Crippen molar-refractivity contribution in [2.45, 2.75) is 119 Å². The number of allylic oxidation sites excluding steroid dienone is 1. The molecule has 0 spiro atoms. The van der Waals surface area contributed by atoms with Crippen molar-refractivity contribution in [1.82, 2.24) is 0 Å². The van der Waals surface area contributed by atoms with Crippen molar-refractivity contribution < 1.29 is 5.11 Å². The summed E-state index contributed by atoms with van der Waals surface area (Å²) < 4.78 is 0. The van der Waals surface area contributed by atoms with E-state index in [1.807, 2.05) is 0 Å². The number of aliphatic hydroxyl groups excluding tert-OH is 1. The van der Waals surface area contributed by atoms with Crippen LogP contribution in [0.15, 0.2) is 11.6 Å². The van der Waals surface area contributed by atoms with E-state index in [2.05, 4.69) is 61.5 Å². The lowest BCUT2D eigenvalue weighted by Crippen LogP contribution is -2.65. The van der Waals surface area contributed by atoms with Gasteiger partial charge in [-0.1, -0.05) is 67.0 Å². The minimum absolute atomic E-state index is 0.0438. The molecule has 31 heavy (non-hydrogen) atoms. The average Bonchev–Trinajstić information content (AvgIpc) is 3.06. The molecule has 0 radical (unpaired) electrons. The molecule has 0 aromatic heterocycles. The first-order valence-electron chi connectivity index (χ1n) is 13.7. The first-order chi connectivity index (χ1) is 14.3. The fourth-order valence-corrected chi connectivity index (χ4v) is 11.0. The first-order valence-corrected chi connectivity index (χ1v) is 13.7. The van der Waals surface area contributed by atoms with E-state index in [0.717, 1.165) is 30.1 Å². The number of fused-ring (bicyclic) bond motifs is 7. The van der Waals surface area contributed by atoms with Crippen LogP contribution < -0.4 is 0 Å². The molecule has 176 valence electrons. The van der Waals surface area contributed by atoms with Crippen LogP contribution in [-0.2, 0) is 0 Å². The summed E-state index contributed by atoms with van der Waals surface area (Å²) in [4.78, 5) is 0. The molecule has 5 aliphatic rings. The minimum atomic E-state index is -0.166. The Bertz CT molecular complexity index is 777. The van der Waals surface area contributed by atoms with Crippen molar-refractivity contribution in [1.29, 1.82) is 0 Å². The smallest absolute Gasteiger partial charge is 0.0628 e. The topological polar surface area (TPSA) is 20.2 Å². The predicted octanol–water partition coefficient (Wildman–Crippen LogP) is 8.02. The Morgan fingerprint density at radius 1 is 0.839 bits per heavy atom. The van der Waals surface area contributed by atoms with Gasteiger partial charge in [-0.2, -0.15) is 0 Å². The third kappa shape index (κ3) is 2.65. The summed E-state index contributed by atoms with van der Waals surface area (Å²) in [7, 11) is 0. The van der Waals surface area contributed by atoms with E-state index >= 15 is 0 Å². The summed E-state index contributed by atoms with van der Waals surface area (Å²) in [6.07, 6.45) is 14.5. The molecule has 0 heterocycles. The van der Waals surface area contributed by atoms with Gasteiger partial charge in [0.2, 0.25) is 0 Å². The second kappa shape index (κ2) is 6.64. The molecular weight excluding hydrogens is 376 g/mol. The van der Waals surface area contributed by atoms with Crippen LogP contribution >= 0.6 is 0 Å². The van der Waals surface area contributed by atoms with Gasteiger partial charge >= 0.3 is 0 Å². The van der Waals surface area contributed by atoms with E-state index in [1.54, 1.807) is 5.57 Å². The number of hydrogen-bond donors (Lipinski definition) is 1. The highest BCUT2D eigenvalue weighted by Crippen LogP contribution is 2.77. The Balaban J connectivity index is 1.58. The molecule has 9 atom stereocenters. The fourth-order valence-electron chi connectivity index (χ4n) is 11.0. The fraction of sp³-hybridized carbons (Fsp3) is 0.933. The van der Waals surface area contributed by atoms with Crippen LogP contribution in [0.25, 0.3) is 0 Å². The molecule has 0 aromatic carbocycles. The van der Waals surface area contributed by atoms with E-state index < -0.39 is 0 Å². The number of aliphatic hydroxyl groups is 1. The van der Waals surface area contributed by atoms with Crippen molar-refractivity contribution in [3.63, 3.8) is 0 Å². The third-order valence-electron chi connectivity index (χ3n) is 13.1. The molecule has 5 rings (SSSR count). The van der Waals surface area contributed by atoms with Crippen molar-refractivity contribution in [2.24, 2.45) is 56.7 Å². The molecule has 9 unspecified atom stereocenters. The van der Waals surface area contributed by atoms with Gasteiger partial charge in [-0.15, -0.1) is 0 Å². The zero-order valence-corrected chi connectivity index (χ0v) is 21.9. The first kappa shape index (κ1) is 22.5. The number of hydrogen-bond acceptors (Lipinski definition) is 1. The lowest BCUT2D eigenvalue weighted by atomic mass is 9.33. The molecule has 0 aromatic rings. The van der Waals surface area contributed by atoms with Gasteiger partial charge in [0.05, 0.1) is 6.10 Å². The lowest BCUT2D eigenvalue weighted by Gasteiger charge is -2.72. The van der Waals surface area contributed by atoms with Crippen molar-refractivity contribution >= 4 is 0 Å². The van der Waals surface area contributed by atoms with E-state index in [9.17, 15) is 5.11 Å². The van der Waals surface area contributed by atoms with Crippen LogP contribution in [0.1, 0.15) is 113 Å². The third-order valence-corrected chi connectivity index (χ3v) is 13.1. The Labute approximate surface area is 192 Å². The molecule has 0 saturated heterocycles. The zero-order valence-electron chi connectivity index (χ0n) is 21.9. The van der Waals surface area contributed by atoms with Crippen molar-refractivity contribution in [2.75, 3.05) is 0 Å². The van der Waals surface area contributed by atoms with Crippen LogP contribution in [-0.4, -0.2) is 11.2 Å². The molecule has 1 nitrogen and oxygen atoms in total. The maximum absolute atomic E-state index is 10.8. The zero-order chi connectivity index (χ0) is 22.6. The quantitative estimate of drug-likeness (QED) is 0.421. The van der Waals surface area contributed by atoms with Gasteiger partial charge in [0.25, 0.3) is 0 Å². The van der Waals surface area contributed by atoms with Gasteiger partial charge in [-0.3, -0.25) is 0 Å². The van der Waals surface area contributed by atoms with Crippen molar-refractivity contribution in [3.8, 4) is 0 Å². The summed E-state index contributed by atoms with van der Waals surface area (Å²) in [5.41, 5.74) is 3.48. The van der Waals surface area contributed by atoms with Gasteiger partial charge in [0.15, 0.2) is 0 Å². The van der Waals surface area contributed by atoms with E-state index in [1.165, 1.54) is 51.4 Å². The van der Waals surface area contributed by atoms with Crippen molar-refractivity contribution in [3.05, 3.63) is 11.6 Å². The molecule has 1 heteroatoms. The Morgan fingerprint density at radius 3 is 2.19 bits per heavy atom. The molecule has 0 bridgehead atoms. The average molecular weight is 427 g/mol. The summed E-state index contributed by atoms with van der Waals surface area (Å²) in [5.74, 6) is 4.12. The molecule has 5 aliphatic carbocycles. The second-order valence-corrected chi connectivity index (χ2v) is 14.7. The van der Waals surface area contributed by atoms with Crippen LogP contribution in [0.3, 0.4) is 0 Å². The molecule has 1 N–H and O–H groups in total. The maximum Gasteiger partial charge on any atom is 0.0628 e. The van der Waals surface area contributed by atoms with Gasteiger partial charge in [0, 0.05) is 5.41 Å². The van der Waals surface area contributed by atoms with E-state index in [0.29, 0.717) is 27.6 Å². The van der Waals surface area contributed by atoms with Gasteiger partial charge in [-0.05, 0) is 109 Å². The number of rotatable bonds is 1. The largest absolute Gasteiger partial charge is 0.392 e. The van der Waals surface area contributed by atoms with Crippen LogP contribution in [0.4, 0.5) is 0 Å². The molecule has 0 aliphatic heterocycles. The summed E-state index contributed by atoms with van der Waals surface area (Å²) in [5, 5.41) is 10.8. The normalized spacial score (nSPS) is 55.7. The highest BCUT2D eigenvalue weighted by Gasteiger charge is 2.70. The predicted molar refractivity (Wildman–Crippen MR) is 131 cm³/mol. The van der Waals surface area contributed by atoms with E-state index in [-0.39, 0.29) is 11.5 Å². The van der Waals surface area contributed by atoms with Gasteiger partial charge in [-0.25, -0.2) is 0 Å². The monoisotopic (exact) mass is 426 g/mol. The van der Waals surface area contributed by atoms with E-state index in [4.69, 9.17) is 0 Å². The highest BCUT2D eigenvalue weighted by atomic mass is 16.3. The molecular formula is C30H50O. The Hall–Kier alpha value is -0.300. The highest BCUT2D eigenvalue weighted by molar-refractivity contribution is 5.30. The van der Waals surface area contributed by atoms with Gasteiger partial charge < -0.3 is 5.11 Å². The van der Waals surface area contributed by atoms with Crippen LogP contribution in [0, 0.1) is 56.7 Å². The second-order valence-electron chi connectivity index (χ2n) is 14.7. The SMILES string of the molecule is CC(C)C1CCC2(C)CCC3(C)C4CC=C5C(CCC(O)C5(C)C)C4(C)CCC3(C)C12. The van der Waals surface area contributed by atoms with Gasteiger partial charge in [0.1, 0.15) is 0 Å². The molecule has 0 amide bonds. The molecule has 4 saturated carbocycles. The van der Waals surface area contributed by atoms with Crippen LogP contribution in [0.5, 0.6) is 0 Å². The minimum Gasteiger partial charge on any atom is -0.392 e. The summed E-state index contributed by atoms with van der Waals surface area (Å²) in [6, 6.07) is 0.